The number of rotatable bonds is 0. The zero-order valence-corrected chi connectivity index (χ0v) is 9.21. The zero-order valence-electron chi connectivity index (χ0n) is 8.40. The molecule has 2 aromatic rings. The van der Waals surface area contributed by atoms with Crippen molar-refractivity contribution in [3.05, 3.63) is 16.9 Å². The van der Waals surface area contributed by atoms with E-state index in [0.717, 1.165) is 17.3 Å². The molecule has 1 aliphatic rings. The van der Waals surface area contributed by atoms with Crippen LogP contribution in [0.3, 0.4) is 0 Å². The summed E-state index contributed by atoms with van der Waals surface area (Å²) in [5.41, 5.74) is 4.49. The Kier molecular flexibility index (Phi) is 1.68. The zero-order chi connectivity index (χ0) is 9.71. The molecule has 14 heavy (non-hydrogen) atoms. The minimum Gasteiger partial charge on any atom is -0.222 e. The highest BCUT2D eigenvalue weighted by Gasteiger charge is 2.28. The highest BCUT2D eigenvalue weighted by atomic mass is 32.1. The number of imidazole rings is 1. The third kappa shape index (κ3) is 0.974. The van der Waals surface area contributed by atoms with E-state index in [1.807, 2.05) is 10.0 Å². The number of fused-ring (bicyclic) bond motifs is 3. The van der Waals surface area contributed by atoms with Crippen LogP contribution in [0.4, 0.5) is 0 Å². The van der Waals surface area contributed by atoms with Crippen molar-refractivity contribution in [2.45, 2.75) is 32.6 Å². The molecule has 2 aromatic heterocycles. The van der Waals surface area contributed by atoms with Crippen LogP contribution in [0.15, 0.2) is 5.51 Å². The summed E-state index contributed by atoms with van der Waals surface area (Å²) in [4.78, 5) is 5.72. The summed E-state index contributed by atoms with van der Waals surface area (Å²) in [5.74, 6) is 1.35. The van der Waals surface area contributed by atoms with Gasteiger partial charge in [0.25, 0.3) is 0 Å². The third-order valence-electron chi connectivity index (χ3n) is 3.39. The molecule has 0 bridgehead atoms. The van der Waals surface area contributed by atoms with Crippen molar-refractivity contribution >= 4 is 16.3 Å². The Morgan fingerprint density at radius 3 is 3.21 bits per heavy atom. The summed E-state index contributed by atoms with van der Waals surface area (Å²) >= 11 is 1.62. The third-order valence-corrected chi connectivity index (χ3v) is 4.07. The lowest BCUT2D eigenvalue weighted by molar-refractivity contribution is 0.414. The van der Waals surface area contributed by atoms with Crippen molar-refractivity contribution in [3.63, 3.8) is 0 Å². The van der Waals surface area contributed by atoms with E-state index in [1.165, 1.54) is 17.8 Å². The van der Waals surface area contributed by atoms with Crippen LogP contribution in [0, 0.1) is 5.92 Å². The molecular formula is C10H13N3S. The number of hydrogen-bond acceptors (Lipinski definition) is 3. The van der Waals surface area contributed by atoms with Crippen molar-refractivity contribution in [2.75, 3.05) is 0 Å². The second-order valence-corrected chi connectivity index (χ2v) is 4.99. The van der Waals surface area contributed by atoms with Crippen molar-refractivity contribution in [1.82, 2.24) is 14.6 Å². The Hall–Kier alpha value is -0.900. The van der Waals surface area contributed by atoms with E-state index in [4.69, 9.17) is 0 Å². The van der Waals surface area contributed by atoms with E-state index in [2.05, 4.69) is 23.9 Å². The van der Waals surface area contributed by atoms with Crippen molar-refractivity contribution in [3.8, 4) is 0 Å². The van der Waals surface area contributed by atoms with Crippen molar-refractivity contribution in [1.29, 1.82) is 0 Å². The van der Waals surface area contributed by atoms with Gasteiger partial charge in [0.1, 0.15) is 5.51 Å². The van der Waals surface area contributed by atoms with Gasteiger partial charge in [-0.15, -0.1) is 0 Å². The molecule has 0 amide bonds. The fraction of sp³-hybridized carbons (Fsp3) is 0.600. The maximum atomic E-state index is 4.66. The van der Waals surface area contributed by atoms with Gasteiger partial charge in [-0.25, -0.2) is 9.50 Å². The molecule has 0 saturated heterocycles. The van der Waals surface area contributed by atoms with Crippen LogP contribution in [0.25, 0.3) is 4.96 Å². The summed E-state index contributed by atoms with van der Waals surface area (Å²) in [6.07, 6.45) is 2.39. The van der Waals surface area contributed by atoms with Crippen LogP contribution in [0.1, 0.15) is 37.6 Å². The smallest absolute Gasteiger partial charge is 0.212 e. The summed E-state index contributed by atoms with van der Waals surface area (Å²) < 4.78 is 2.02. The lowest BCUT2D eigenvalue weighted by Crippen LogP contribution is -2.16. The standard InChI is InChI=1S/C10H13N3S/c1-6-3-4-8-9(7(6)2)12-10-13(8)11-5-14-10/h5-7H,3-4H2,1-2H3. The first-order valence-electron chi connectivity index (χ1n) is 5.08. The fourth-order valence-corrected chi connectivity index (χ4v) is 2.88. The van der Waals surface area contributed by atoms with Gasteiger partial charge in [0, 0.05) is 5.92 Å². The maximum Gasteiger partial charge on any atom is 0.212 e. The highest BCUT2D eigenvalue weighted by Crippen LogP contribution is 2.35. The Morgan fingerprint density at radius 2 is 2.36 bits per heavy atom. The van der Waals surface area contributed by atoms with Gasteiger partial charge < -0.3 is 0 Å². The predicted molar refractivity (Wildman–Crippen MR) is 56.8 cm³/mol. The number of nitrogens with zero attached hydrogens (tertiary/aromatic N) is 3. The van der Waals surface area contributed by atoms with Crippen LogP contribution in [-0.4, -0.2) is 14.6 Å². The van der Waals surface area contributed by atoms with Crippen LogP contribution in [-0.2, 0) is 6.42 Å². The topological polar surface area (TPSA) is 30.2 Å². The Bertz CT molecular complexity index is 471. The molecule has 2 heterocycles. The molecule has 0 radical (unpaired) electrons. The summed E-state index contributed by atoms with van der Waals surface area (Å²) in [5, 5.41) is 4.32. The van der Waals surface area contributed by atoms with Gasteiger partial charge in [-0.1, -0.05) is 25.2 Å². The number of aromatic nitrogens is 3. The molecule has 74 valence electrons. The summed E-state index contributed by atoms with van der Waals surface area (Å²) in [6, 6.07) is 0. The largest absolute Gasteiger partial charge is 0.222 e. The molecule has 2 unspecified atom stereocenters. The predicted octanol–water partition coefficient (Wildman–Crippen LogP) is 2.48. The molecule has 0 N–H and O–H groups in total. The van der Waals surface area contributed by atoms with Gasteiger partial charge in [0.2, 0.25) is 4.96 Å². The minimum absolute atomic E-state index is 0.590. The van der Waals surface area contributed by atoms with Crippen LogP contribution < -0.4 is 0 Å². The first-order chi connectivity index (χ1) is 6.77. The van der Waals surface area contributed by atoms with E-state index < -0.39 is 0 Å². The number of aryl methyl sites for hydroxylation is 1. The summed E-state index contributed by atoms with van der Waals surface area (Å²) in [6.45, 7) is 4.59. The van der Waals surface area contributed by atoms with E-state index in [1.54, 1.807) is 11.3 Å². The fourth-order valence-electron chi connectivity index (χ4n) is 2.23. The lowest BCUT2D eigenvalue weighted by atomic mass is 9.82. The Labute approximate surface area is 86.8 Å². The first kappa shape index (κ1) is 8.41. The average molecular weight is 207 g/mol. The molecular weight excluding hydrogens is 194 g/mol. The molecule has 0 spiro atoms. The van der Waals surface area contributed by atoms with Crippen LogP contribution in [0.2, 0.25) is 0 Å². The molecule has 2 atom stereocenters. The first-order valence-corrected chi connectivity index (χ1v) is 5.96. The van der Waals surface area contributed by atoms with E-state index in [0.29, 0.717) is 5.92 Å². The Balaban J connectivity index is 2.24. The van der Waals surface area contributed by atoms with Gasteiger partial charge in [0.05, 0.1) is 11.4 Å². The van der Waals surface area contributed by atoms with Gasteiger partial charge in [-0.2, -0.15) is 5.10 Å². The van der Waals surface area contributed by atoms with E-state index in [9.17, 15) is 0 Å². The average Bonchev–Trinajstić information content (AvgIpc) is 2.71. The molecule has 1 aliphatic carbocycles. The SMILES string of the molecule is CC1CCc2c(nc3scnn23)C1C. The summed E-state index contributed by atoms with van der Waals surface area (Å²) in [7, 11) is 0. The van der Waals surface area contributed by atoms with Crippen LogP contribution in [0.5, 0.6) is 0 Å². The normalized spacial score (nSPS) is 26.7. The molecule has 0 aromatic carbocycles. The van der Waals surface area contributed by atoms with E-state index >= 15 is 0 Å². The molecule has 3 nitrogen and oxygen atoms in total. The van der Waals surface area contributed by atoms with E-state index in [-0.39, 0.29) is 0 Å². The molecule has 4 heteroatoms. The second-order valence-electron chi connectivity index (χ2n) is 4.18. The van der Waals surface area contributed by atoms with Gasteiger partial charge in [0.15, 0.2) is 0 Å². The second kappa shape index (κ2) is 2.79. The van der Waals surface area contributed by atoms with Crippen molar-refractivity contribution in [2.24, 2.45) is 5.92 Å². The number of hydrogen-bond donors (Lipinski definition) is 0. The molecule has 0 aliphatic heterocycles. The highest BCUT2D eigenvalue weighted by molar-refractivity contribution is 7.14. The van der Waals surface area contributed by atoms with Gasteiger partial charge in [-0.3, -0.25) is 0 Å². The van der Waals surface area contributed by atoms with Crippen molar-refractivity contribution < 1.29 is 0 Å². The quantitative estimate of drug-likeness (QED) is 0.664. The van der Waals surface area contributed by atoms with Gasteiger partial charge >= 0.3 is 0 Å². The minimum atomic E-state index is 0.590. The van der Waals surface area contributed by atoms with Crippen LogP contribution >= 0.6 is 11.3 Å². The maximum absolute atomic E-state index is 4.66. The molecule has 3 rings (SSSR count). The lowest BCUT2D eigenvalue weighted by Gasteiger charge is -2.24. The monoisotopic (exact) mass is 207 g/mol. The molecule has 0 fully saturated rings. The Morgan fingerprint density at radius 1 is 1.50 bits per heavy atom. The van der Waals surface area contributed by atoms with Gasteiger partial charge in [-0.05, 0) is 18.8 Å². The molecule has 0 saturated carbocycles.